The number of carboxylic acid groups (broad SMARTS) is 2. The lowest BCUT2D eigenvalue weighted by molar-refractivity contribution is -0.159. The lowest BCUT2D eigenvalue weighted by atomic mass is 10.1. The molecule has 0 spiro atoms. The molecule has 0 aliphatic carbocycles. The molecule has 4 rings (SSSR count). The van der Waals surface area contributed by atoms with Crippen molar-refractivity contribution in [1.29, 1.82) is 0 Å². The molecule has 3 aromatic rings. The van der Waals surface area contributed by atoms with Gasteiger partial charge in [0.25, 0.3) is 5.91 Å². The van der Waals surface area contributed by atoms with Crippen molar-refractivity contribution in [2.75, 3.05) is 31.6 Å². The fourth-order valence-electron chi connectivity index (χ4n) is 4.63. The third kappa shape index (κ3) is 9.73. The minimum atomic E-state index is -1.82. The van der Waals surface area contributed by atoms with Crippen LogP contribution in [0.3, 0.4) is 0 Å². The normalized spacial score (nSPS) is 15.8. The average molecular weight is 643 g/mol. The van der Waals surface area contributed by atoms with Crippen LogP contribution < -0.4 is 9.64 Å². The van der Waals surface area contributed by atoms with Crippen molar-refractivity contribution >= 4 is 52.9 Å². The molecule has 2 atom stereocenters. The van der Waals surface area contributed by atoms with E-state index < -0.39 is 29.3 Å². The Balaban J connectivity index is 0.000000801. The van der Waals surface area contributed by atoms with E-state index in [1.54, 1.807) is 18.1 Å². The SMILES string of the molecule is CCCN(CCN1C(=O)[C@@H](OC(C)=O)[C@@H](c2ccc(OC)cc2)Sc2cc(Cl)ccc21)Cc1ccccc1.O=C(O)C(=O)O. The van der Waals surface area contributed by atoms with Gasteiger partial charge in [-0.2, -0.15) is 0 Å². The van der Waals surface area contributed by atoms with Crippen molar-refractivity contribution < 1.29 is 38.9 Å². The fraction of sp³-hybridized carbons (Fsp3) is 0.312. The maximum atomic E-state index is 14.1. The summed E-state index contributed by atoms with van der Waals surface area (Å²) < 4.78 is 11.0. The number of aliphatic carboxylic acids is 2. The zero-order valence-electron chi connectivity index (χ0n) is 24.6. The van der Waals surface area contributed by atoms with Crippen LogP contribution in [-0.2, 0) is 30.5 Å². The first-order chi connectivity index (χ1) is 21.0. The molecule has 0 unspecified atom stereocenters. The van der Waals surface area contributed by atoms with Gasteiger partial charge in [-0.3, -0.25) is 14.5 Å². The Bertz CT molecular complexity index is 1430. The van der Waals surface area contributed by atoms with Gasteiger partial charge in [-0.15, -0.1) is 11.8 Å². The van der Waals surface area contributed by atoms with Gasteiger partial charge in [0, 0.05) is 36.5 Å². The van der Waals surface area contributed by atoms with Crippen LogP contribution in [0.1, 0.15) is 36.6 Å². The maximum absolute atomic E-state index is 14.1. The van der Waals surface area contributed by atoms with Crippen molar-refractivity contribution in [3.8, 4) is 5.75 Å². The first kappa shape index (κ1) is 34.4. The number of anilines is 1. The number of benzene rings is 3. The number of fused-ring (bicyclic) bond motifs is 1. The number of carboxylic acids is 2. The highest BCUT2D eigenvalue weighted by atomic mass is 35.5. The van der Waals surface area contributed by atoms with Gasteiger partial charge >= 0.3 is 17.9 Å². The Morgan fingerprint density at radius 3 is 2.20 bits per heavy atom. The molecule has 0 bridgehead atoms. The smallest absolute Gasteiger partial charge is 0.414 e. The molecule has 0 fully saturated rings. The summed E-state index contributed by atoms with van der Waals surface area (Å²) in [6, 6.07) is 23.4. The van der Waals surface area contributed by atoms with Gasteiger partial charge in [-0.25, -0.2) is 9.59 Å². The van der Waals surface area contributed by atoms with Crippen LogP contribution in [0.5, 0.6) is 5.75 Å². The Morgan fingerprint density at radius 1 is 0.977 bits per heavy atom. The molecule has 1 amide bonds. The molecule has 3 aromatic carbocycles. The number of carbonyl (C=O) groups excluding carboxylic acids is 2. The average Bonchev–Trinajstić information content (AvgIpc) is 3.10. The van der Waals surface area contributed by atoms with Crippen LogP contribution in [-0.4, -0.2) is 71.8 Å². The third-order valence-corrected chi connectivity index (χ3v) is 8.19. The summed E-state index contributed by atoms with van der Waals surface area (Å²) in [4.78, 5) is 49.5. The van der Waals surface area contributed by atoms with Crippen LogP contribution in [0.2, 0.25) is 5.02 Å². The van der Waals surface area contributed by atoms with Crippen LogP contribution >= 0.6 is 23.4 Å². The van der Waals surface area contributed by atoms with Crippen molar-refractivity contribution in [3.05, 3.63) is 88.9 Å². The summed E-state index contributed by atoms with van der Waals surface area (Å²) >= 11 is 7.88. The molecular formula is C32H35ClN2O8S. The topological polar surface area (TPSA) is 134 Å². The predicted octanol–water partition coefficient (Wildman–Crippen LogP) is 5.53. The molecule has 2 N–H and O–H groups in total. The van der Waals surface area contributed by atoms with Gasteiger partial charge in [-0.1, -0.05) is 61.0 Å². The second-order valence-electron chi connectivity index (χ2n) is 9.82. The Kier molecular flexibility index (Phi) is 13.1. The van der Waals surface area contributed by atoms with Gasteiger partial charge in [0.05, 0.1) is 18.0 Å². The van der Waals surface area contributed by atoms with Crippen LogP contribution in [0.15, 0.2) is 77.7 Å². The maximum Gasteiger partial charge on any atom is 0.414 e. The minimum Gasteiger partial charge on any atom is -0.497 e. The monoisotopic (exact) mass is 642 g/mol. The first-order valence-electron chi connectivity index (χ1n) is 13.8. The van der Waals surface area contributed by atoms with Gasteiger partial charge in [0.2, 0.25) is 0 Å². The number of hydrogen-bond donors (Lipinski definition) is 2. The third-order valence-electron chi connectivity index (χ3n) is 6.60. The van der Waals surface area contributed by atoms with E-state index in [2.05, 4.69) is 24.0 Å². The molecule has 44 heavy (non-hydrogen) atoms. The van der Waals surface area contributed by atoms with E-state index in [0.717, 1.165) is 35.7 Å². The van der Waals surface area contributed by atoms with Crippen LogP contribution in [0.25, 0.3) is 0 Å². The number of halogens is 1. The number of nitrogens with zero attached hydrogens (tertiary/aromatic N) is 2. The lowest BCUT2D eigenvalue weighted by Gasteiger charge is -2.30. The molecule has 234 valence electrons. The second-order valence-corrected chi connectivity index (χ2v) is 11.4. The number of carbonyl (C=O) groups is 4. The van der Waals surface area contributed by atoms with Gasteiger partial charge in [-0.05, 0) is 54.4 Å². The Hall–Kier alpha value is -4.06. The number of ether oxygens (including phenoxy) is 2. The Labute approximate surface area is 265 Å². The van der Waals surface area contributed by atoms with Crippen LogP contribution in [0, 0.1) is 0 Å². The molecule has 1 aliphatic rings. The van der Waals surface area contributed by atoms with Crippen molar-refractivity contribution in [2.45, 2.75) is 43.1 Å². The minimum absolute atomic E-state index is 0.245. The zero-order chi connectivity index (χ0) is 32.2. The van der Waals surface area contributed by atoms with Gasteiger partial charge < -0.3 is 24.6 Å². The van der Waals surface area contributed by atoms with E-state index >= 15 is 0 Å². The van der Waals surface area contributed by atoms with E-state index in [9.17, 15) is 9.59 Å². The Morgan fingerprint density at radius 2 is 1.64 bits per heavy atom. The molecule has 0 radical (unpaired) electrons. The number of hydrogen-bond acceptors (Lipinski definition) is 8. The number of methoxy groups -OCH3 is 1. The molecule has 0 aromatic heterocycles. The number of amides is 1. The fourth-order valence-corrected chi connectivity index (χ4v) is 6.23. The molecule has 1 heterocycles. The zero-order valence-corrected chi connectivity index (χ0v) is 26.2. The molecule has 0 saturated heterocycles. The second kappa shape index (κ2) is 16.7. The largest absolute Gasteiger partial charge is 0.497 e. The summed E-state index contributed by atoms with van der Waals surface area (Å²) in [7, 11) is 1.61. The summed E-state index contributed by atoms with van der Waals surface area (Å²) in [5.41, 5.74) is 2.86. The van der Waals surface area contributed by atoms with Gasteiger partial charge in [0.1, 0.15) is 5.75 Å². The standard InChI is InChI=1S/C30H33ClN2O4S.C2H2O4/c1-4-16-32(20-22-8-6-5-7-9-22)17-18-33-26-15-12-24(31)19-27(26)38-29(28(30(33)35)37-21(2)34)23-10-13-25(36-3)14-11-23;3-1(4)2(5)6/h5-15,19,28-29H,4,16-18,20H2,1-3H3;(H,3,4)(H,5,6)/t28-,29+;/m0./s1. The lowest BCUT2D eigenvalue weighted by Crippen LogP contribution is -2.45. The number of rotatable bonds is 10. The highest BCUT2D eigenvalue weighted by Crippen LogP contribution is 2.47. The summed E-state index contributed by atoms with van der Waals surface area (Å²) in [6.45, 7) is 6.31. The van der Waals surface area contributed by atoms with Crippen molar-refractivity contribution in [3.63, 3.8) is 0 Å². The van der Waals surface area contributed by atoms with E-state index in [4.69, 9.17) is 40.9 Å². The first-order valence-corrected chi connectivity index (χ1v) is 15.1. The molecule has 10 nitrogen and oxygen atoms in total. The number of thioether (sulfide) groups is 1. The summed E-state index contributed by atoms with van der Waals surface area (Å²) in [6.07, 6.45) is 0.00384. The number of esters is 1. The molecule has 0 saturated carbocycles. The molecular weight excluding hydrogens is 608 g/mol. The summed E-state index contributed by atoms with van der Waals surface area (Å²) in [5.74, 6) is -3.68. The van der Waals surface area contributed by atoms with Gasteiger partial charge in [0.15, 0.2) is 6.10 Å². The van der Waals surface area contributed by atoms with Crippen LogP contribution in [0.4, 0.5) is 5.69 Å². The molecule has 12 heteroatoms. The van der Waals surface area contributed by atoms with E-state index in [-0.39, 0.29) is 5.91 Å². The highest BCUT2D eigenvalue weighted by Gasteiger charge is 2.41. The van der Waals surface area contributed by atoms with E-state index in [1.807, 2.05) is 54.6 Å². The summed E-state index contributed by atoms with van der Waals surface area (Å²) in [5, 5.41) is 14.9. The van der Waals surface area contributed by atoms with Crippen molar-refractivity contribution in [2.24, 2.45) is 0 Å². The van der Waals surface area contributed by atoms with E-state index in [0.29, 0.717) is 23.9 Å². The van der Waals surface area contributed by atoms with Crippen molar-refractivity contribution in [1.82, 2.24) is 4.90 Å². The van der Waals surface area contributed by atoms with E-state index in [1.165, 1.54) is 24.2 Å². The highest BCUT2D eigenvalue weighted by molar-refractivity contribution is 7.99. The molecule has 1 aliphatic heterocycles. The predicted molar refractivity (Wildman–Crippen MR) is 168 cm³/mol. The quantitative estimate of drug-likeness (QED) is 0.215.